The Balaban J connectivity index is 0.00000128. The van der Waals surface area contributed by atoms with Crippen LogP contribution in [0.3, 0.4) is 0 Å². The molecular weight excluding hydrogens is 340 g/mol. The van der Waals surface area contributed by atoms with Crippen LogP contribution in [-0.4, -0.2) is 31.1 Å². The molecule has 0 spiro atoms. The maximum atomic E-state index is 5.57. The van der Waals surface area contributed by atoms with Gasteiger partial charge < -0.3 is 26.1 Å². The van der Waals surface area contributed by atoms with Crippen LogP contribution < -0.4 is 17.0 Å². The Morgan fingerprint density at radius 3 is 2.81 bits per heavy atom. The number of halogens is 2. The first-order valence-corrected chi connectivity index (χ1v) is 5.46. The van der Waals surface area contributed by atoms with E-state index in [1.807, 2.05) is 26.2 Å². The minimum absolute atomic E-state index is 0. The molecule has 0 radical (unpaired) electrons. The number of rotatable bonds is 1. The van der Waals surface area contributed by atoms with Crippen LogP contribution in [-0.2, 0) is 4.74 Å². The van der Waals surface area contributed by atoms with Crippen LogP contribution in [0.15, 0.2) is 38.7 Å². The summed E-state index contributed by atoms with van der Waals surface area (Å²) in [7, 11) is 4.00. The van der Waals surface area contributed by atoms with Gasteiger partial charge in [-0.3, -0.25) is 0 Å². The second kappa shape index (κ2) is 5.16. The van der Waals surface area contributed by atoms with Crippen molar-refractivity contribution in [3.05, 3.63) is 34.9 Å². The van der Waals surface area contributed by atoms with Crippen LogP contribution in [0.1, 0.15) is 5.76 Å². The number of likely N-dealkylation sites (N-methyl/N-ethyl adjacent to an activating group) is 1. The highest BCUT2D eigenvalue weighted by atomic mass is 79.9. The largest absolute Gasteiger partial charge is 1.00 e. The van der Waals surface area contributed by atoms with Crippen molar-refractivity contribution in [3.8, 4) is 0 Å². The van der Waals surface area contributed by atoms with Gasteiger partial charge in [0, 0.05) is 4.99 Å². The van der Waals surface area contributed by atoms with Gasteiger partial charge in [-0.25, -0.2) is 0 Å². The van der Waals surface area contributed by atoms with Gasteiger partial charge in [-0.2, -0.15) is 4.59 Å². The van der Waals surface area contributed by atoms with Gasteiger partial charge in [0.1, 0.15) is 0 Å². The van der Waals surface area contributed by atoms with Crippen molar-refractivity contribution in [2.24, 2.45) is 5.10 Å². The lowest BCUT2D eigenvalue weighted by atomic mass is 10.4. The van der Waals surface area contributed by atoms with Crippen LogP contribution in [0, 0.1) is 0 Å². The lowest BCUT2D eigenvalue weighted by Crippen LogP contribution is -3.00. The van der Waals surface area contributed by atoms with Gasteiger partial charge in [0.2, 0.25) is 0 Å². The lowest BCUT2D eigenvalue weighted by molar-refractivity contribution is -0.896. The summed E-state index contributed by atoms with van der Waals surface area (Å²) in [6, 6.07) is 3.64. The quantitative estimate of drug-likeness (QED) is 0.626. The highest BCUT2D eigenvalue weighted by Crippen LogP contribution is 2.19. The second-order valence-corrected chi connectivity index (χ2v) is 4.30. The van der Waals surface area contributed by atoms with Crippen molar-refractivity contribution in [1.29, 1.82) is 0 Å². The molecule has 0 N–H and O–H groups in total. The van der Waals surface area contributed by atoms with Crippen LogP contribution in [0.5, 0.6) is 0 Å². The first-order chi connectivity index (χ1) is 7.11. The summed E-state index contributed by atoms with van der Waals surface area (Å²) in [6.07, 6.45) is 1.60. The third-order valence-electron chi connectivity index (χ3n) is 1.99. The molecule has 6 heteroatoms. The minimum atomic E-state index is 0. The predicted octanol–water partition coefficient (Wildman–Crippen LogP) is -0.712. The summed E-state index contributed by atoms with van der Waals surface area (Å²) in [5, 5.41) is 4.43. The van der Waals surface area contributed by atoms with Crippen molar-refractivity contribution in [2.45, 2.75) is 0 Å². The molecule has 0 fully saturated rings. The molecule has 2 heterocycles. The van der Waals surface area contributed by atoms with Crippen molar-refractivity contribution in [1.82, 2.24) is 0 Å². The fourth-order valence-corrected chi connectivity index (χ4v) is 1.63. The van der Waals surface area contributed by atoms with Crippen LogP contribution in [0.2, 0.25) is 0 Å². The smallest absolute Gasteiger partial charge is 0.315 e. The summed E-state index contributed by atoms with van der Waals surface area (Å²) >= 11 is 3.27. The summed E-state index contributed by atoms with van der Waals surface area (Å²) in [5.74, 6) is 2.00. The first-order valence-electron chi connectivity index (χ1n) is 4.55. The maximum absolute atomic E-state index is 5.57. The zero-order chi connectivity index (χ0) is 10.9. The highest BCUT2D eigenvalue weighted by Gasteiger charge is 2.29. The molecule has 2 rings (SSSR count). The van der Waals surface area contributed by atoms with E-state index >= 15 is 0 Å². The molecule has 16 heavy (non-hydrogen) atoms. The van der Waals surface area contributed by atoms with Crippen LogP contribution in [0.4, 0.5) is 0 Å². The Labute approximate surface area is 113 Å². The van der Waals surface area contributed by atoms with Crippen molar-refractivity contribution in [2.75, 3.05) is 20.6 Å². The van der Waals surface area contributed by atoms with Gasteiger partial charge in [-0.15, -0.1) is 0 Å². The number of hydrogen-bond donors (Lipinski definition) is 0. The lowest BCUT2D eigenvalue weighted by Gasteiger charge is -2.27. The Kier molecular flexibility index (Phi) is 4.35. The molecule has 0 bridgehead atoms. The molecule has 0 amide bonds. The number of furan rings is 1. The SMILES string of the molecule is C[N+]1(C)C/C(=C/Br)OC(c2ccco2)=N1.[Br-]. The van der Waals surface area contributed by atoms with E-state index in [9.17, 15) is 0 Å². The summed E-state index contributed by atoms with van der Waals surface area (Å²) < 4.78 is 11.3. The second-order valence-electron chi connectivity index (χ2n) is 3.84. The Morgan fingerprint density at radius 2 is 2.25 bits per heavy atom. The number of hydrogen-bond acceptors (Lipinski definition) is 3. The van der Waals surface area contributed by atoms with E-state index in [4.69, 9.17) is 9.15 Å². The first kappa shape index (κ1) is 13.5. The van der Waals surface area contributed by atoms with E-state index in [0.29, 0.717) is 16.3 Å². The van der Waals surface area contributed by atoms with E-state index in [-0.39, 0.29) is 17.0 Å². The van der Waals surface area contributed by atoms with Gasteiger partial charge in [0.05, 0.1) is 20.4 Å². The third kappa shape index (κ3) is 2.96. The average Bonchev–Trinajstić information content (AvgIpc) is 2.68. The molecule has 1 aromatic rings. The molecule has 1 aliphatic rings. The van der Waals surface area contributed by atoms with Crippen molar-refractivity contribution in [3.63, 3.8) is 0 Å². The summed E-state index contributed by atoms with van der Waals surface area (Å²) in [5.41, 5.74) is 0. The number of ether oxygens (including phenoxy) is 1. The number of nitrogens with zero attached hydrogens (tertiary/aromatic N) is 2. The van der Waals surface area contributed by atoms with Crippen molar-refractivity contribution >= 4 is 21.8 Å². The normalized spacial score (nSPS) is 20.9. The van der Waals surface area contributed by atoms with Crippen LogP contribution in [0.25, 0.3) is 0 Å². The monoisotopic (exact) mass is 350 g/mol. The maximum Gasteiger partial charge on any atom is 0.315 e. The zero-order valence-electron chi connectivity index (χ0n) is 8.98. The van der Waals surface area contributed by atoms with Gasteiger partial charge in [-0.05, 0) is 17.2 Å². The van der Waals surface area contributed by atoms with E-state index in [1.165, 1.54) is 0 Å². The Morgan fingerprint density at radius 1 is 1.50 bits per heavy atom. The van der Waals surface area contributed by atoms with Crippen LogP contribution >= 0.6 is 15.9 Å². The standard InChI is InChI=1S/C10H12BrN2O2.BrH/c1-13(2)7-8(6-11)15-10(12-13)9-4-3-5-14-9;/h3-6H,7H2,1-2H3;1H/q+1;/p-1/b8-6-;. The molecule has 88 valence electrons. The Bertz CT molecular complexity index is 410. The van der Waals surface area contributed by atoms with Crippen molar-refractivity contribution < 1.29 is 30.7 Å². The molecule has 1 aliphatic heterocycles. The van der Waals surface area contributed by atoms with E-state index in [0.717, 1.165) is 12.3 Å². The zero-order valence-corrected chi connectivity index (χ0v) is 12.2. The van der Waals surface area contributed by atoms with E-state index < -0.39 is 0 Å². The Hall–Kier alpha value is -0.590. The van der Waals surface area contributed by atoms with Gasteiger partial charge >= 0.3 is 5.90 Å². The van der Waals surface area contributed by atoms with E-state index in [1.54, 1.807) is 11.2 Å². The molecule has 0 saturated heterocycles. The molecule has 0 atom stereocenters. The average molecular weight is 352 g/mol. The molecule has 0 aromatic carbocycles. The minimum Gasteiger partial charge on any atom is -1.00 e. The molecule has 0 saturated carbocycles. The fraction of sp³-hybridized carbons (Fsp3) is 0.300. The molecule has 0 unspecified atom stereocenters. The molecule has 1 aromatic heterocycles. The van der Waals surface area contributed by atoms with Gasteiger partial charge in [0.25, 0.3) is 0 Å². The number of quaternary nitrogens is 1. The van der Waals surface area contributed by atoms with Gasteiger partial charge in [-0.1, -0.05) is 15.9 Å². The molecule has 4 nitrogen and oxygen atoms in total. The summed E-state index contributed by atoms with van der Waals surface area (Å²) in [6.45, 7) is 0.718. The molecule has 0 aliphatic carbocycles. The topological polar surface area (TPSA) is 34.7 Å². The van der Waals surface area contributed by atoms with E-state index in [2.05, 4.69) is 21.0 Å². The summed E-state index contributed by atoms with van der Waals surface area (Å²) in [4.78, 5) is 1.77. The fourth-order valence-electron chi connectivity index (χ4n) is 1.40. The highest BCUT2D eigenvalue weighted by molar-refractivity contribution is 9.11. The third-order valence-corrected chi connectivity index (χ3v) is 2.50. The molecular formula is C10H12Br2N2O2. The van der Waals surface area contributed by atoms with Gasteiger partial charge in [0.15, 0.2) is 18.1 Å². The predicted molar refractivity (Wildman–Crippen MR) is 60.3 cm³/mol.